The number of hydrogen-bond acceptors (Lipinski definition) is 26. The highest BCUT2D eigenvalue weighted by molar-refractivity contribution is 6.03. The number of nitrogens with two attached hydrogens (primary N) is 4. The highest BCUT2D eigenvalue weighted by Gasteiger charge is 2.48. The summed E-state index contributed by atoms with van der Waals surface area (Å²) in [6.07, 6.45) is 40.9. The third kappa shape index (κ3) is 19.3. The molecule has 139 heavy (non-hydrogen) atoms. The van der Waals surface area contributed by atoms with Gasteiger partial charge in [0.1, 0.15) is 46.5 Å². The number of rotatable bonds is 21. The van der Waals surface area contributed by atoms with Gasteiger partial charge >= 0.3 is 0 Å². The Morgan fingerprint density at radius 1 is 0.353 bits per heavy atom. The number of carbonyl (C=O) groups is 4. The first kappa shape index (κ1) is 89.3. The maximum absolute atomic E-state index is 12.9. The molecule has 4 aliphatic carbocycles. The lowest BCUT2D eigenvalue weighted by Gasteiger charge is -2.14. The number of carbonyl (C=O) groups excluding carboxylic acids is 4. The van der Waals surface area contributed by atoms with Crippen LogP contribution in [-0.2, 0) is 60.2 Å². The first-order chi connectivity index (χ1) is 67.3. The van der Waals surface area contributed by atoms with Crippen LogP contribution < -0.4 is 44.2 Å². The summed E-state index contributed by atoms with van der Waals surface area (Å²) in [5, 5.41) is 43.5. The number of nitrogens with one attached hydrogen (secondary N) is 4. The van der Waals surface area contributed by atoms with Crippen LogP contribution in [0.5, 0.6) is 0 Å². The Labute approximate surface area is 796 Å². The van der Waals surface area contributed by atoms with Gasteiger partial charge < -0.3 is 44.2 Å². The lowest BCUT2D eigenvalue weighted by Crippen LogP contribution is -2.15. The predicted octanol–water partition coefficient (Wildman–Crippen LogP) is 14.8. The van der Waals surface area contributed by atoms with Gasteiger partial charge in [-0.1, -0.05) is 37.3 Å². The minimum atomic E-state index is -0.0724. The minimum absolute atomic E-state index is 0.0249. The molecule has 18 heterocycles. The molecule has 36 heteroatoms. The fraction of sp³-hybridized carbons (Fsp3) is 0.223. The van der Waals surface area contributed by atoms with E-state index in [-0.39, 0.29) is 71.0 Å². The van der Waals surface area contributed by atoms with Gasteiger partial charge in [-0.3, -0.25) is 47.9 Å². The quantitative estimate of drug-likeness (QED) is 0.0331. The van der Waals surface area contributed by atoms with Gasteiger partial charge in [0.25, 0.3) is 0 Å². The number of amides is 4. The van der Waals surface area contributed by atoms with Crippen LogP contribution in [0.3, 0.4) is 0 Å². The topological polar surface area (TPSA) is 482 Å². The van der Waals surface area contributed by atoms with Gasteiger partial charge in [-0.05, 0) is 240 Å². The molecule has 0 saturated heterocycles. The van der Waals surface area contributed by atoms with Crippen molar-refractivity contribution in [1.82, 2.24) is 118 Å². The van der Waals surface area contributed by atoms with Crippen LogP contribution in [0.4, 0.5) is 46.5 Å². The van der Waals surface area contributed by atoms with Crippen LogP contribution in [0.15, 0.2) is 239 Å². The zero-order chi connectivity index (χ0) is 96.1. The molecule has 0 spiro atoms. The van der Waals surface area contributed by atoms with E-state index in [9.17, 15) is 19.2 Å². The molecule has 4 saturated carbocycles. The molecule has 0 unspecified atom stereocenters. The molecule has 12 N–H and O–H groups in total. The smallest absolute Gasteiger partial charge is 0.229 e. The van der Waals surface area contributed by atoms with Crippen LogP contribution in [0.25, 0.3) is 99.8 Å². The standard InChI is InChI=1S/C29H27N7O.2C25H23N9O.C24H25N7O/c1-17-8-9-31-24(10-18-6-4-3-5-7-18)27(17)25-11-19-12-26(32-15-23(19)28(30)34-25)35-29(37)22-13-21(22)20-14-33-36(2)16-20;2*1-14-6-23(34-5-3-4-29-34)28-11-19(14)21-7-15-8-22(27-12-20(15)24(26)31-21)32-25(35)18-9-17(18)16-10-30-33(2)13-16;1-4-16-5-13(2)19(10-26-16)21-6-14-7-22(27-11-20(14)23(25)29-21)30-24(32)18-8-17(18)15-9-28-31(3)12-15/h3-9,11-12,14-16,21-22H,10,13H2,1-2H3,(H2,30,34)(H,32,35,37);2*3-8,10-13,17-18H,9H2,1-2H3,(H2,26,31)(H,27,32,35);5-7,9-12,17-18H,4,8H2,1-3H3,(H2,25,29)(H,27,30,32)/t21-,22+;3*17-,18+/m0100/s1. The van der Waals surface area contributed by atoms with Crippen molar-refractivity contribution in [3.05, 3.63) is 301 Å². The van der Waals surface area contributed by atoms with E-state index in [0.717, 1.165) is 176 Å². The molecule has 0 aliphatic heterocycles. The lowest BCUT2D eigenvalue weighted by atomic mass is 9.98. The molecule has 0 bridgehead atoms. The van der Waals surface area contributed by atoms with Crippen molar-refractivity contribution in [2.45, 2.75) is 96.8 Å². The molecule has 694 valence electrons. The number of hydrogen-bond donors (Lipinski definition) is 8. The van der Waals surface area contributed by atoms with Crippen molar-refractivity contribution in [2.24, 2.45) is 51.9 Å². The molecule has 23 rings (SSSR count). The number of aryl methyl sites for hydroxylation is 9. The summed E-state index contributed by atoms with van der Waals surface area (Å²) in [5.74, 6) is 5.40. The zero-order valence-electron chi connectivity index (χ0n) is 77.6. The van der Waals surface area contributed by atoms with E-state index in [1.165, 1.54) is 5.56 Å². The summed E-state index contributed by atoms with van der Waals surface area (Å²) in [6, 6.07) is 37.1. The van der Waals surface area contributed by atoms with E-state index in [1.807, 2.05) is 220 Å². The van der Waals surface area contributed by atoms with Gasteiger partial charge in [0.15, 0.2) is 11.6 Å². The molecule has 0 radical (unpaired) electrons. The number of nitrogens with zero attached hydrogens (tertiary/aromatic N) is 24. The maximum Gasteiger partial charge on any atom is 0.229 e. The van der Waals surface area contributed by atoms with Gasteiger partial charge in [0.05, 0.1) is 53.3 Å². The van der Waals surface area contributed by atoms with E-state index in [1.54, 1.807) is 77.7 Å². The number of benzene rings is 1. The summed E-state index contributed by atoms with van der Waals surface area (Å²) < 4.78 is 10.4. The van der Waals surface area contributed by atoms with Crippen LogP contribution in [-0.4, -0.2) is 142 Å². The van der Waals surface area contributed by atoms with Crippen molar-refractivity contribution >= 4 is 113 Å². The van der Waals surface area contributed by atoms with Crippen molar-refractivity contribution < 1.29 is 19.2 Å². The average Bonchev–Trinajstić information content (AvgIpc) is 1.24. The van der Waals surface area contributed by atoms with E-state index in [4.69, 9.17) is 27.9 Å². The van der Waals surface area contributed by atoms with Crippen LogP contribution in [0, 0.1) is 51.4 Å². The highest BCUT2D eigenvalue weighted by Crippen LogP contribution is 2.52. The fourth-order valence-electron chi connectivity index (χ4n) is 18.0. The third-order valence-electron chi connectivity index (χ3n) is 25.8. The molecule has 4 aliphatic rings. The Morgan fingerprint density at radius 3 is 1.01 bits per heavy atom. The Kier molecular flexibility index (Phi) is 24.0. The van der Waals surface area contributed by atoms with E-state index < -0.39 is 0 Å². The van der Waals surface area contributed by atoms with E-state index in [0.29, 0.717) is 64.4 Å². The second-order valence-corrected chi connectivity index (χ2v) is 35.8. The average molecular weight is 1850 g/mol. The summed E-state index contributed by atoms with van der Waals surface area (Å²) in [5.41, 5.74) is 43.4. The molecule has 36 nitrogen and oxygen atoms in total. The van der Waals surface area contributed by atoms with E-state index >= 15 is 0 Å². The summed E-state index contributed by atoms with van der Waals surface area (Å²) in [7, 11) is 7.51. The second-order valence-electron chi connectivity index (χ2n) is 35.8. The van der Waals surface area contributed by atoms with Crippen molar-refractivity contribution in [3.63, 3.8) is 0 Å². The summed E-state index contributed by atoms with van der Waals surface area (Å²) in [4.78, 5) is 106. The molecule has 19 aromatic rings. The van der Waals surface area contributed by atoms with Crippen LogP contribution >= 0.6 is 0 Å². The van der Waals surface area contributed by atoms with Crippen molar-refractivity contribution in [2.75, 3.05) is 44.2 Å². The Hall–Kier alpha value is -17.6. The number of anilines is 8. The number of nitrogen functional groups attached to an aromatic ring is 4. The van der Waals surface area contributed by atoms with Crippen LogP contribution in [0.1, 0.15) is 118 Å². The lowest BCUT2D eigenvalue weighted by molar-refractivity contribution is -0.118. The molecular formula is C103H98N32O4. The van der Waals surface area contributed by atoms with Gasteiger partial charge in [0, 0.05) is 207 Å². The number of pyridine rings is 12. The molecule has 18 aromatic heterocycles. The Morgan fingerprint density at radius 2 is 0.691 bits per heavy atom. The monoisotopic (exact) mass is 1850 g/mol. The third-order valence-corrected chi connectivity index (χ3v) is 25.8. The molecule has 8 atom stereocenters. The molecule has 4 amide bonds. The van der Waals surface area contributed by atoms with Crippen LogP contribution in [0.2, 0.25) is 0 Å². The second kappa shape index (κ2) is 37.3. The van der Waals surface area contributed by atoms with Crippen molar-refractivity contribution in [1.29, 1.82) is 0 Å². The first-order valence-electron chi connectivity index (χ1n) is 45.6. The first-order valence-corrected chi connectivity index (χ1v) is 45.6. The van der Waals surface area contributed by atoms with Gasteiger partial charge in [0.2, 0.25) is 23.6 Å². The Bertz CT molecular complexity index is 7730. The van der Waals surface area contributed by atoms with Gasteiger partial charge in [-0.2, -0.15) is 30.6 Å². The highest BCUT2D eigenvalue weighted by atomic mass is 16.2. The summed E-state index contributed by atoms with van der Waals surface area (Å²) in [6.45, 7) is 10.2. The SMILES string of the molecule is CCc1cc(C)c(-c2cc3cc(NC(=O)[C@@H]4C[C@H]4c4cnn(C)c4)ncc3c(N)n2)cn1.Cc1cc(-n2cccn2)ncc1-c1cc2cc(NC(=O)[C@@H]3C[C@H]3c3cnn(C)c3)ncc2c(N)n1.Cc1cc(-n2cccn2)ncc1-c1cc2cc(NC(=O)[C@H]3C[C@@H]3c3cnn(C)c3)ncc2c(N)n1.Cc1ccnc(Cc2ccccc2)c1-c1cc2cc(NC(=O)[C@@H]3C[C@H]3c3cnn(C)c3)ncc2c(N)n1. The predicted molar refractivity (Wildman–Crippen MR) is 531 cm³/mol. The zero-order valence-corrected chi connectivity index (χ0v) is 77.6. The minimum Gasteiger partial charge on any atom is -0.383 e. The summed E-state index contributed by atoms with van der Waals surface area (Å²) >= 11 is 0. The maximum atomic E-state index is 12.9. The molecule has 4 fully saturated rings. The normalized spacial score (nSPS) is 17.0. The van der Waals surface area contributed by atoms with Gasteiger partial charge in [-0.15, -0.1) is 0 Å². The number of aromatic nitrogens is 24. The molecular weight excluding hydrogens is 1750 g/mol. The largest absolute Gasteiger partial charge is 0.383 e. The number of fused-ring (bicyclic) bond motifs is 4. The fourth-order valence-corrected chi connectivity index (χ4v) is 18.0. The molecule has 1 aromatic carbocycles. The van der Waals surface area contributed by atoms with Gasteiger partial charge in [-0.25, -0.2) is 59.2 Å². The van der Waals surface area contributed by atoms with Crippen molar-refractivity contribution in [3.8, 4) is 56.7 Å². The van der Waals surface area contributed by atoms with E-state index in [2.05, 4.69) is 139 Å². The Balaban J connectivity index is 0.000000114.